The first-order valence-corrected chi connectivity index (χ1v) is 6.22. The Labute approximate surface area is 97.8 Å². The van der Waals surface area contributed by atoms with Gasteiger partial charge >= 0.3 is 0 Å². The zero-order valence-electron chi connectivity index (χ0n) is 10.0. The number of fused-ring (bicyclic) bond motifs is 1. The van der Waals surface area contributed by atoms with Crippen molar-refractivity contribution < 1.29 is 4.74 Å². The van der Waals surface area contributed by atoms with Crippen LogP contribution in [0.5, 0.6) is 5.75 Å². The number of benzene rings is 1. The van der Waals surface area contributed by atoms with Crippen LogP contribution >= 0.6 is 0 Å². The first-order chi connectivity index (χ1) is 7.86. The standard InChI is InChI=1S/C14H21NO/c1-16-13-9-3-7-11-5-2-6-12(14(11)13)8-4-10-15/h3,7,9,12H,2,4-6,8,10,15H2,1H3/t12-/m1/s1. The second-order valence-corrected chi connectivity index (χ2v) is 4.55. The number of aryl methyl sites for hydroxylation is 1. The highest BCUT2D eigenvalue weighted by Gasteiger charge is 2.22. The molecule has 2 N–H and O–H groups in total. The Morgan fingerprint density at radius 1 is 1.44 bits per heavy atom. The maximum absolute atomic E-state index is 5.60. The molecule has 0 aromatic heterocycles. The Balaban J connectivity index is 2.27. The fraction of sp³-hybridized carbons (Fsp3) is 0.571. The molecule has 0 aliphatic heterocycles. The van der Waals surface area contributed by atoms with Crippen molar-refractivity contribution in [2.75, 3.05) is 13.7 Å². The van der Waals surface area contributed by atoms with Gasteiger partial charge in [-0.2, -0.15) is 0 Å². The van der Waals surface area contributed by atoms with Gasteiger partial charge in [0, 0.05) is 5.56 Å². The van der Waals surface area contributed by atoms with Crippen LogP contribution in [-0.4, -0.2) is 13.7 Å². The molecular weight excluding hydrogens is 198 g/mol. The third-order valence-electron chi connectivity index (χ3n) is 3.54. The van der Waals surface area contributed by atoms with E-state index < -0.39 is 0 Å². The van der Waals surface area contributed by atoms with Crippen LogP contribution in [0.1, 0.15) is 42.7 Å². The highest BCUT2D eigenvalue weighted by Crippen LogP contribution is 2.40. The summed E-state index contributed by atoms with van der Waals surface area (Å²) in [7, 11) is 1.77. The average Bonchev–Trinajstić information content (AvgIpc) is 2.35. The van der Waals surface area contributed by atoms with Crippen molar-refractivity contribution in [3.05, 3.63) is 29.3 Å². The van der Waals surface area contributed by atoms with E-state index >= 15 is 0 Å². The summed E-state index contributed by atoms with van der Waals surface area (Å²) in [5.74, 6) is 1.72. The van der Waals surface area contributed by atoms with Crippen molar-refractivity contribution in [1.29, 1.82) is 0 Å². The summed E-state index contributed by atoms with van der Waals surface area (Å²) in [6.07, 6.45) is 6.10. The van der Waals surface area contributed by atoms with Gasteiger partial charge in [0.2, 0.25) is 0 Å². The normalized spacial score (nSPS) is 19.2. The molecule has 2 rings (SSSR count). The molecule has 1 aromatic carbocycles. The predicted molar refractivity (Wildman–Crippen MR) is 67.0 cm³/mol. The van der Waals surface area contributed by atoms with Gasteiger partial charge in [0.1, 0.15) is 5.75 Å². The van der Waals surface area contributed by atoms with Crippen molar-refractivity contribution >= 4 is 0 Å². The summed E-state index contributed by atoms with van der Waals surface area (Å²) in [6, 6.07) is 6.43. The van der Waals surface area contributed by atoms with Crippen LogP contribution in [0.2, 0.25) is 0 Å². The molecule has 0 unspecified atom stereocenters. The van der Waals surface area contributed by atoms with Gasteiger partial charge in [0.15, 0.2) is 0 Å². The lowest BCUT2D eigenvalue weighted by Gasteiger charge is -2.27. The van der Waals surface area contributed by atoms with Crippen LogP contribution in [0.25, 0.3) is 0 Å². The Kier molecular flexibility index (Phi) is 3.83. The van der Waals surface area contributed by atoms with Crippen LogP contribution in [0, 0.1) is 0 Å². The summed E-state index contributed by atoms with van der Waals surface area (Å²) in [5, 5.41) is 0. The summed E-state index contributed by atoms with van der Waals surface area (Å²) in [5.41, 5.74) is 8.53. The van der Waals surface area contributed by atoms with Gasteiger partial charge in [0.05, 0.1) is 7.11 Å². The van der Waals surface area contributed by atoms with Gasteiger partial charge in [-0.25, -0.2) is 0 Å². The monoisotopic (exact) mass is 219 g/mol. The zero-order valence-corrected chi connectivity index (χ0v) is 10.0. The number of hydrogen-bond donors (Lipinski definition) is 1. The average molecular weight is 219 g/mol. The number of methoxy groups -OCH3 is 1. The minimum absolute atomic E-state index is 0.656. The summed E-state index contributed by atoms with van der Waals surface area (Å²) in [6.45, 7) is 0.793. The van der Waals surface area contributed by atoms with Crippen molar-refractivity contribution in [2.45, 2.75) is 38.0 Å². The molecule has 1 aliphatic rings. The van der Waals surface area contributed by atoms with Gasteiger partial charge in [0.25, 0.3) is 0 Å². The lowest BCUT2D eigenvalue weighted by molar-refractivity contribution is 0.393. The summed E-state index contributed by atoms with van der Waals surface area (Å²) >= 11 is 0. The fourth-order valence-corrected chi connectivity index (χ4v) is 2.79. The van der Waals surface area contributed by atoms with E-state index in [4.69, 9.17) is 10.5 Å². The predicted octanol–water partition coefficient (Wildman–Crippen LogP) is 2.85. The smallest absolute Gasteiger partial charge is 0.122 e. The summed E-state index contributed by atoms with van der Waals surface area (Å²) in [4.78, 5) is 0. The molecule has 0 spiro atoms. The van der Waals surface area contributed by atoms with Gasteiger partial charge in [-0.1, -0.05) is 12.1 Å². The van der Waals surface area contributed by atoms with Crippen molar-refractivity contribution in [1.82, 2.24) is 0 Å². The van der Waals surface area contributed by atoms with Crippen molar-refractivity contribution in [2.24, 2.45) is 5.73 Å². The van der Waals surface area contributed by atoms with Crippen LogP contribution in [0.15, 0.2) is 18.2 Å². The van der Waals surface area contributed by atoms with E-state index in [1.807, 2.05) is 0 Å². The number of ether oxygens (including phenoxy) is 1. The highest BCUT2D eigenvalue weighted by atomic mass is 16.5. The third-order valence-corrected chi connectivity index (χ3v) is 3.54. The minimum atomic E-state index is 0.656. The Bertz CT molecular complexity index is 334. The third kappa shape index (κ3) is 2.22. The molecule has 1 aromatic rings. The van der Waals surface area contributed by atoms with Gasteiger partial charge in [-0.3, -0.25) is 0 Å². The minimum Gasteiger partial charge on any atom is -0.496 e. The SMILES string of the molecule is COc1cccc2c1[C@@H](CCCN)CCC2. The zero-order chi connectivity index (χ0) is 11.4. The largest absolute Gasteiger partial charge is 0.496 e. The molecular formula is C14H21NO. The molecule has 1 atom stereocenters. The van der Waals surface area contributed by atoms with Crippen LogP contribution in [-0.2, 0) is 6.42 Å². The Morgan fingerprint density at radius 2 is 2.31 bits per heavy atom. The molecule has 2 nitrogen and oxygen atoms in total. The molecule has 16 heavy (non-hydrogen) atoms. The molecule has 0 bridgehead atoms. The lowest BCUT2D eigenvalue weighted by Crippen LogP contribution is -2.13. The first-order valence-electron chi connectivity index (χ1n) is 6.22. The van der Waals surface area contributed by atoms with E-state index in [9.17, 15) is 0 Å². The highest BCUT2D eigenvalue weighted by molar-refractivity contribution is 5.44. The number of hydrogen-bond acceptors (Lipinski definition) is 2. The Morgan fingerprint density at radius 3 is 3.06 bits per heavy atom. The fourth-order valence-electron chi connectivity index (χ4n) is 2.79. The van der Waals surface area contributed by atoms with Gasteiger partial charge in [-0.05, 0) is 56.2 Å². The quantitative estimate of drug-likeness (QED) is 0.845. The maximum atomic E-state index is 5.60. The van der Waals surface area contributed by atoms with Crippen molar-refractivity contribution in [3.63, 3.8) is 0 Å². The van der Waals surface area contributed by atoms with E-state index in [2.05, 4.69) is 18.2 Å². The number of nitrogens with two attached hydrogens (primary N) is 1. The first kappa shape index (κ1) is 11.5. The second-order valence-electron chi connectivity index (χ2n) is 4.55. The maximum Gasteiger partial charge on any atom is 0.122 e. The molecule has 88 valence electrons. The van der Waals surface area contributed by atoms with E-state index in [0.717, 1.165) is 18.7 Å². The van der Waals surface area contributed by atoms with Gasteiger partial charge < -0.3 is 10.5 Å². The van der Waals surface area contributed by atoms with Gasteiger partial charge in [-0.15, -0.1) is 0 Å². The van der Waals surface area contributed by atoms with E-state index in [0.29, 0.717) is 5.92 Å². The second kappa shape index (κ2) is 5.35. The van der Waals surface area contributed by atoms with Crippen LogP contribution in [0.3, 0.4) is 0 Å². The van der Waals surface area contributed by atoms with Crippen LogP contribution in [0.4, 0.5) is 0 Å². The molecule has 0 heterocycles. The van der Waals surface area contributed by atoms with Crippen LogP contribution < -0.4 is 10.5 Å². The molecule has 0 saturated carbocycles. The lowest BCUT2D eigenvalue weighted by atomic mass is 9.80. The van der Waals surface area contributed by atoms with E-state index in [1.54, 1.807) is 7.11 Å². The number of rotatable bonds is 4. The van der Waals surface area contributed by atoms with E-state index in [1.165, 1.54) is 36.8 Å². The molecule has 0 amide bonds. The molecule has 2 heteroatoms. The molecule has 1 aliphatic carbocycles. The molecule has 0 fully saturated rings. The molecule has 0 radical (unpaired) electrons. The summed E-state index contributed by atoms with van der Waals surface area (Å²) < 4.78 is 5.49. The topological polar surface area (TPSA) is 35.2 Å². The van der Waals surface area contributed by atoms with Crippen molar-refractivity contribution in [3.8, 4) is 5.75 Å². The molecule has 0 saturated heterocycles. The Hall–Kier alpha value is -1.02. The van der Waals surface area contributed by atoms with E-state index in [-0.39, 0.29) is 0 Å².